The average Bonchev–Trinajstić information content (AvgIpc) is 2.51. The smallest absolute Gasteiger partial charge is 0.410 e. The van der Waals surface area contributed by atoms with E-state index in [0.717, 1.165) is 5.56 Å². The first-order valence-electron chi connectivity index (χ1n) is 8.40. The number of carbonyl (C=O) groups is 2. The van der Waals surface area contributed by atoms with Gasteiger partial charge in [-0.2, -0.15) is 0 Å². The molecule has 0 aliphatic heterocycles. The Labute approximate surface area is 149 Å². The standard InChI is InChI=1S/C19H29NO5/c1-7-24-17(22)15(12-20(6)18(23)25-19(3,4)5)16(21)14-10-8-13(2)9-11-14/h8-11,15-16,21H,7,12H2,1-6H3. The lowest BCUT2D eigenvalue weighted by Crippen LogP contribution is -2.41. The van der Waals surface area contributed by atoms with Crippen LogP contribution in [0.25, 0.3) is 0 Å². The third-order valence-electron chi connectivity index (χ3n) is 3.57. The van der Waals surface area contributed by atoms with E-state index in [9.17, 15) is 14.7 Å². The summed E-state index contributed by atoms with van der Waals surface area (Å²) in [5.41, 5.74) is 1.01. The zero-order valence-corrected chi connectivity index (χ0v) is 15.9. The van der Waals surface area contributed by atoms with Crippen LogP contribution < -0.4 is 0 Å². The van der Waals surface area contributed by atoms with Crippen molar-refractivity contribution in [2.24, 2.45) is 5.92 Å². The molecule has 0 radical (unpaired) electrons. The molecule has 0 spiro atoms. The predicted octanol–water partition coefficient (Wildman–Crippen LogP) is 3.07. The number of amides is 1. The first-order chi connectivity index (χ1) is 11.5. The molecular weight excluding hydrogens is 322 g/mol. The van der Waals surface area contributed by atoms with Gasteiger partial charge in [0, 0.05) is 13.6 Å². The minimum atomic E-state index is -1.08. The summed E-state index contributed by atoms with van der Waals surface area (Å²) in [6, 6.07) is 7.25. The van der Waals surface area contributed by atoms with E-state index in [1.54, 1.807) is 39.8 Å². The molecule has 0 saturated heterocycles. The number of hydrogen-bond acceptors (Lipinski definition) is 5. The zero-order valence-electron chi connectivity index (χ0n) is 15.9. The number of carbonyl (C=O) groups excluding carboxylic acids is 2. The second-order valence-corrected chi connectivity index (χ2v) is 7.07. The number of esters is 1. The molecule has 6 nitrogen and oxygen atoms in total. The Balaban J connectivity index is 2.94. The summed E-state index contributed by atoms with van der Waals surface area (Å²) >= 11 is 0. The van der Waals surface area contributed by atoms with Crippen molar-refractivity contribution in [2.45, 2.75) is 46.3 Å². The van der Waals surface area contributed by atoms with Gasteiger partial charge in [0.1, 0.15) is 11.5 Å². The Hall–Kier alpha value is -2.08. The van der Waals surface area contributed by atoms with Gasteiger partial charge in [-0.25, -0.2) is 4.79 Å². The fourth-order valence-electron chi connectivity index (χ4n) is 2.26. The summed E-state index contributed by atoms with van der Waals surface area (Å²) in [6.45, 7) is 9.13. The molecule has 2 atom stereocenters. The molecule has 2 unspecified atom stereocenters. The highest BCUT2D eigenvalue weighted by Crippen LogP contribution is 2.25. The van der Waals surface area contributed by atoms with Gasteiger partial charge in [-0.05, 0) is 40.2 Å². The third-order valence-corrected chi connectivity index (χ3v) is 3.57. The largest absolute Gasteiger partial charge is 0.466 e. The molecule has 0 heterocycles. The summed E-state index contributed by atoms with van der Waals surface area (Å²) in [5, 5.41) is 10.7. The molecule has 1 aromatic carbocycles. The van der Waals surface area contributed by atoms with Crippen molar-refractivity contribution in [3.63, 3.8) is 0 Å². The Morgan fingerprint density at radius 1 is 1.20 bits per heavy atom. The van der Waals surface area contributed by atoms with Crippen LogP contribution in [0.15, 0.2) is 24.3 Å². The van der Waals surface area contributed by atoms with Crippen LogP contribution in [0.4, 0.5) is 4.79 Å². The molecule has 6 heteroatoms. The molecule has 140 valence electrons. The highest BCUT2D eigenvalue weighted by atomic mass is 16.6. The monoisotopic (exact) mass is 351 g/mol. The predicted molar refractivity (Wildman–Crippen MR) is 95.1 cm³/mol. The van der Waals surface area contributed by atoms with Gasteiger partial charge in [0.15, 0.2) is 0 Å². The molecule has 1 aromatic rings. The second kappa shape index (κ2) is 8.85. The first-order valence-corrected chi connectivity index (χ1v) is 8.40. The average molecular weight is 351 g/mol. The maximum Gasteiger partial charge on any atom is 0.410 e. The molecule has 1 amide bonds. The van der Waals surface area contributed by atoms with Gasteiger partial charge in [0.25, 0.3) is 0 Å². The molecule has 0 aromatic heterocycles. The zero-order chi connectivity index (χ0) is 19.2. The van der Waals surface area contributed by atoms with Crippen LogP contribution >= 0.6 is 0 Å². The van der Waals surface area contributed by atoms with Gasteiger partial charge in [0.05, 0.1) is 12.7 Å². The Bertz CT molecular complexity index is 576. The second-order valence-electron chi connectivity index (χ2n) is 7.07. The van der Waals surface area contributed by atoms with E-state index in [1.807, 2.05) is 19.1 Å². The lowest BCUT2D eigenvalue weighted by Gasteiger charge is -2.29. The van der Waals surface area contributed by atoms with Crippen LogP contribution in [0.3, 0.4) is 0 Å². The van der Waals surface area contributed by atoms with Crippen LogP contribution in [0, 0.1) is 12.8 Å². The molecule has 1 rings (SSSR count). The fraction of sp³-hybridized carbons (Fsp3) is 0.579. The number of rotatable bonds is 6. The van der Waals surface area contributed by atoms with Crippen LogP contribution in [-0.4, -0.2) is 47.9 Å². The Morgan fingerprint density at radius 3 is 2.24 bits per heavy atom. The van der Waals surface area contributed by atoms with E-state index >= 15 is 0 Å². The summed E-state index contributed by atoms with van der Waals surface area (Å²) < 4.78 is 10.4. The molecule has 0 fully saturated rings. The maximum atomic E-state index is 12.3. The quantitative estimate of drug-likeness (QED) is 0.797. The van der Waals surface area contributed by atoms with E-state index < -0.39 is 29.7 Å². The summed E-state index contributed by atoms with van der Waals surface area (Å²) in [4.78, 5) is 25.7. The first kappa shape index (κ1) is 21.0. The summed E-state index contributed by atoms with van der Waals surface area (Å²) in [6.07, 6.45) is -1.64. The van der Waals surface area contributed by atoms with Crippen molar-refractivity contribution in [2.75, 3.05) is 20.2 Å². The minimum absolute atomic E-state index is 0.0111. The van der Waals surface area contributed by atoms with E-state index in [-0.39, 0.29) is 13.2 Å². The third kappa shape index (κ3) is 6.74. The van der Waals surface area contributed by atoms with Crippen LogP contribution in [-0.2, 0) is 14.3 Å². The number of ether oxygens (including phenoxy) is 2. The molecule has 0 bridgehead atoms. The topological polar surface area (TPSA) is 76.1 Å². The SMILES string of the molecule is CCOC(=O)C(CN(C)C(=O)OC(C)(C)C)C(O)c1ccc(C)cc1. The maximum absolute atomic E-state index is 12.3. The van der Waals surface area contributed by atoms with Crippen molar-refractivity contribution in [1.82, 2.24) is 4.90 Å². The van der Waals surface area contributed by atoms with Gasteiger partial charge in [-0.15, -0.1) is 0 Å². The summed E-state index contributed by atoms with van der Waals surface area (Å²) in [5.74, 6) is -1.45. The molecule has 25 heavy (non-hydrogen) atoms. The van der Waals surface area contributed by atoms with E-state index in [0.29, 0.717) is 5.56 Å². The highest BCUT2D eigenvalue weighted by molar-refractivity contribution is 5.75. The van der Waals surface area contributed by atoms with E-state index in [1.165, 1.54) is 11.9 Å². The van der Waals surface area contributed by atoms with Gasteiger partial charge >= 0.3 is 12.1 Å². The van der Waals surface area contributed by atoms with Crippen molar-refractivity contribution < 1.29 is 24.2 Å². The Kier molecular flexibility index (Phi) is 7.42. The highest BCUT2D eigenvalue weighted by Gasteiger charge is 2.33. The lowest BCUT2D eigenvalue weighted by atomic mass is 9.94. The fourth-order valence-corrected chi connectivity index (χ4v) is 2.26. The molecule has 1 N–H and O–H groups in total. The van der Waals surface area contributed by atoms with E-state index in [2.05, 4.69) is 0 Å². The van der Waals surface area contributed by atoms with Crippen molar-refractivity contribution in [3.05, 3.63) is 35.4 Å². The number of hydrogen-bond donors (Lipinski definition) is 1. The lowest BCUT2D eigenvalue weighted by molar-refractivity contribution is -0.153. The molecule has 0 aliphatic carbocycles. The van der Waals surface area contributed by atoms with Crippen molar-refractivity contribution in [1.29, 1.82) is 0 Å². The molecular formula is C19H29NO5. The van der Waals surface area contributed by atoms with Gasteiger partial charge in [0.2, 0.25) is 0 Å². The number of benzene rings is 1. The summed E-state index contributed by atoms with van der Waals surface area (Å²) in [7, 11) is 1.53. The van der Waals surface area contributed by atoms with Crippen LogP contribution in [0.5, 0.6) is 0 Å². The minimum Gasteiger partial charge on any atom is -0.466 e. The van der Waals surface area contributed by atoms with Crippen LogP contribution in [0.1, 0.15) is 44.9 Å². The van der Waals surface area contributed by atoms with E-state index in [4.69, 9.17) is 9.47 Å². The number of nitrogens with zero attached hydrogens (tertiary/aromatic N) is 1. The normalized spacial score (nSPS) is 13.7. The van der Waals surface area contributed by atoms with Gasteiger partial charge in [-0.1, -0.05) is 29.8 Å². The molecule has 0 saturated carbocycles. The number of aryl methyl sites for hydroxylation is 1. The van der Waals surface area contributed by atoms with Gasteiger partial charge in [-0.3, -0.25) is 4.79 Å². The number of aliphatic hydroxyl groups is 1. The molecule has 0 aliphatic rings. The number of aliphatic hydroxyl groups excluding tert-OH is 1. The van der Waals surface area contributed by atoms with Crippen molar-refractivity contribution in [3.8, 4) is 0 Å². The van der Waals surface area contributed by atoms with Crippen LogP contribution in [0.2, 0.25) is 0 Å². The van der Waals surface area contributed by atoms with Crippen molar-refractivity contribution >= 4 is 12.1 Å². The Morgan fingerprint density at radius 2 is 1.76 bits per heavy atom. The van der Waals surface area contributed by atoms with Gasteiger partial charge < -0.3 is 19.5 Å².